The Hall–Kier alpha value is -2.11. The second kappa shape index (κ2) is 5.29. The molecule has 1 rings (SSSR count). The van der Waals surface area contributed by atoms with Gasteiger partial charge in [0, 0.05) is 6.92 Å². The highest BCUT2D eigenvalue weighted by molar-refractivity contribution is 5.66. The van der Waals surface area contributed by atoms with Crippen LogP contribution in [0.3, 0.4) is 0 Å². The summed E-state index contributed by atoms with van der Waals surface area (Å²) in [6.07, 6.45) is 0. The molecule has 0 saturated carbocycles. The molecule has 0 atom stereocenters. The van der Waals surface area contributed by atoms with Gasteiger partial charge in [0.25, 0.3) is 5.69 Å². The van der Waals surface area contributed by atoms with Crippen LogP contribution >= 0.6 is 0 Å². The summed E-state index contributed by atoms with van der Waals surface area (Å²) in [4.78, 5) is 21.0. The van der Waals surface area contributed by atoms with Crippen molar-refractivity contribution in [2.75, 3.05) is 7.11 Å². The van der Waals surface area contributed by atoms with Crippen molar-refractivity contribution in [3.8, 4) is 5.75 Å². The number of nitrogens with zero attached hydrogens (tertiary/aromatic N) is 1. The lowest BCUT2D eigenvalue weighted by atomic mass is 10.1. The summed E-state index contributed by atoms with van der Waals surface area (Å²) in [6, 6.07) is 2.91. The lowest BCUT2D eigenvalue weighted by Crippen LogP contribution is -2.03. The Balaban J connectivity index is 3.13. The molecule has 0 aliphatic heterocycles. The van der Waals surface area contributed by atoms with Crippen molar-refractivity contribution in [2.45, 2.75) is 20.5 Å². The number of benzene rings is 1. The molecule has 1 aromatic carbocycles. The second-order valence-corrected chi connectivity index (χ2v) is 3.49. The molecule has 0 N–H and O–H groups in total. The van der Waals surface area contributed by atoms with E-state index < -0.39 is 10.9 Å². The first-order valence-corrected chi connectivity index (χ1v) is 4.91. The summed E-state index contributed by atoms with van der Waals surface area (Å²) >= 11 is 0. The van der Waals surface area contributed by atoms with E-state index in [1.54, 1.807) is 13.0 Å². The van der Waals surface area contributed by atoms with Gasteiger partial charge in [0.15, 0.2) is 0 Å². The minimum absolute atomic E-state index is 0.115. The summed E-state index contributed by atoms with van der Waals surface area (Å²) < 4.78 is 9.77. The summed E-state index contributed by atoms with van der Waals surface area (Å²) in [5, 5.41) is 10.9. The fraction of sp³-hybridized carbons (Fsp3) is 0.364. The first kappa shape index (κ1) is 13.0. The first-order valence-electron chi connectivity index (χ1n) is 4.91. The largest absolute Gasteiger partial charge is 0.496 e. The molecule has 0 aliphatic carbocycles. The van der Waals surface area contributed by atoms with E-state index in [4.69, 9.17) is 9.47 Å². The molecular formula is C11H13NO5. The zero-order valence-corrected chi connectivity index (χ0v) is 9.85. The average molecular weight is 239 g/mol. The molecule has 0 spiro atoms. The van der Waals surface area contributed by atoms with Gasteiger partial charge in [0.2, 0.25) is 0 Å². The van der Waals surface area contributed by atoms with Crippen molar-refractivity contribution in [2.24, 2.45) is 0 Å². The van der Waals surface area contributed by atoms with E-state index in [-0.39, 0.29) is 12.3 Å². The molecule has 0 heterocycles. The lowest BCUT2D eigenvalue weighted by Gasteiger charge is -2.08. The number of nitro groups is 1. The minimum atomic E-state index is -0.527. The van der Waals surface area contributed by atoms with Crippen molar-refractivity contribution in [1.29, 1.82) is 0 Å². The van der Waals surface area contributed by atoms with Gasteiger partial charge in [-0.15, -0.1) is 0 Å². The van der Waals surface area contributed by atoms with Gasteiger partial charge < -0.3 is 9.47 Å². The van der Waals surface area contributed by atoms with Crippen LogP contribution in [0.15, 0.2) is 12.1 Å². The van der Waals surface area contributed by atoms with Gasteiger partial charge in [-0.05, 0) is 18.6 Å². The number of esters is 1. The molecule has 1 aromatic rings. The standard InChI is InChI=1S/C11H13NO5/c1-7-4-9(6-17-8(2)13)10(12(14)15)5-11(7)16-3/h4-5H,6H2,1-3H3. The van der Waals surface area contributed by atoms with Crippen molar-refractivity contribution in [3.63, 3.8) is 0 Å². The zero-order chi connectivity index (χ0) is 13.0. The fourth-order valence-corrected chi connectivity index (χ4v) is 1.42. The van der Waals surface area contributed by atoms with Gasteiger partial charge in [-0.2, -0.15) is 0 Å². The Morgan fingerprint density at radius 2 is 2.12 bits per heavy atom. The topological polar surface area (TPSA) is 78.7 Å². The number of hydrogen-bond acceptors (Lipinski definition) is 5. The molecule has 6 nitrogen and oxygen atoms in total. The van der Waals surface area contributed by atoms with Gasteiger partial charge >= 0.3 is 5.97 Å². The Morgan fingerprint density at radius 3 is 2.59 bits per heavy atom. The summed E-state index contributed by atoms with van der Waals surface area (Å²) in [7, 11) is 1.44. The van der Waals surface area contributed by atoms with E-state index in [1.807, 2.05) is 0 Å². The summed E-state index contributed by atoms with van der Waals surface area (Å²) in [5.74, 6) is -0.0453. The molecule has 0 radical (unpaired) electrons. The number of carbonyl (C=O) groups is 1. The molecule has 0 saturated heterocycles. The van der Waals surface area contributed by atoms with E-state index in [9.17, 15) is 14.9 Å². The van der Waals surface area contributed by atoms with Gasteiger partial charge in [-0.3, -0.25) is 14.9 Å². The highest BCUT2D eigenvalue weighted by Gasteiger charge is 2.17. The molecule has 0 bridgehead atoms. The Labute approximate surface area is 98.3 Å². The fourth-order valence-electron chi connectivity index (χ4n) is 1.42. The molecule has 0 fully saturated rings. The average Bonchev–Trinajstić information content (AvgIpc) is 2.25. The Morgan fingerprint density at radius 1 is 1.47 bits per heavy atom. The maximum absolute atomic E-state index is 10.9. The van der Waals surface area contributed by atoms with E-state index in [2.05, 4.69) is 0 Å². The third-order valence-corrected chi connectivity index (χ3v) is 2.22. The van der Waals surface area contributed by atoms with Crippen LogP contribution in [0.1, 0.15) is 18.1 Å². The molecule has 0 amide bonds. The second-order valence-electron chi connectivity index (χ2n) is 3.49. The quantitative estimate of drug-likeness (QED) is 0.456. The van der Waals surface area contributed by atoms with Gasteiger partial charge in [0.05, 0.1) is 23.7 Å². The minimum Gasteiger partial charge on any atom is -0.496 e. The molecule has 92 valence electrons. The van der Waals surface area contributed by atoms with Crippen LogP contribution in [0, 0.1) is 17.0 Å². The molecule has 0 unspecified atom stereocenters. The number of methoxy groups -OCH3 is 1. The predicted octanol–water partition coefficient (Wildman–Crippen LogP) is 1.97. The van der Waals surface area contributed by atoms with Gasteiger partial charge in [-0.1, -0.05) is 0 Å². The van der Waals surface area contributed by atoms with E-state index in [0.717, 1.165) is 5.56 Å². The highest BCUT2D eigenvalue weighted by Crippen LogP contribution is 2.28. The zero-order valence-electron chi connectivity index (χ0n) is 9.85. The van der Waals surface area contributed by atoms with Crippen molar-refractivity contribution >= 4 is 11.7 Å². The molecular weight excluding hydrogens is 226 g/mol. The highest BCUT2D eigenvalue weighted by atomic mass is 16.6. The molecule has 6 heteroatoms. The first-order chi connectivity index (χ1) is 7.95. The number of aryl methyl sites for hydroxylation is 1. The van der Waals surface area contributed by atoms with E-state index in [1.165, 1.54) is 20.1 Å². The lowest BCUT2D eigenvalue weighted by molar-refractivity contribution is -0.385. The third-order valence-electron chi connectivity index (χ3n) is 2.22. The number of rotatable bonds is 4. The SMILES string of the molecule is COc1cc([N+](=O)[O-])c(COC(C)=O)cc1C. The molecule has 0 aromatic heterocycles. The predicted molar refractivity (Wildman–Crippen MR) is 59.9 cm³/mol. The van der Waals surface area contributed by atoms with Gasteiger partial charge in [0.1, 0.15) is 12.4 Å². The molecule has 17 heavy (non-hydrogen) atoms. The van der Waals surface area contributed by atoms with E-state index >= 15 is 0 Å². The smallest absolute Gasteiger partial charge is 0.302 e. The van der Waals surface area contributed by atoms with Crippen LogP contribution in [0.5, 0.6) is 5.75 Å². The normalized spacial score (nSPS) is 9.82. The maximum Gasteiger partial charge on any atom is 0.302 e. The van der Waals surface area contributed by atoms with E-state index in [0.29, 0.717) is 11.3 Å². The van der Waals surface area contributed by atoms with Crippen LogP contribution < -0.4 is 4.74 Å². The Bertz CT molecular complexity index is 455. The van der Waals surface area contributed by atoms with Crippen LogP contribution in [0.25, 0.3) is 0 Å². The summed E-state index contributed by atoms with van der Waals surface area (Å²) in [5.41, 5.74) is 0.984. The van der Waals surface area contributed by atoms with Crippen LogP contribution in [0.2, 0.25) is 0 Å². The van der Waals surface area contributed by atoms with Crippen molar-refractivity contribution in [1.82, 2.24) is 0 Å². The monoisotopic (exact) mass is 239 g/mol. The van der Waals surface area contributed by atoms with Crippen LogP contribution in [0.4, 0.5) is 5.69 Å². The summed E-state index contributed by atoms with van der Waals surface area (Å²) in [6.45, 7) is 2.90. The number of hydrogen-bond donors (Lipinski definition) is 0. The Kier molecular flexibility index (Phi) is 4.03. The number of nitro benzene ring substituents is 1. The molecule has 0 aliphatic rings. The van der Waals surface area contributed by atoms with Crippen LogP contribution in [-0.4, -0.2) is 18.0 Å². The number of ether oxygens (including phenoxy) is 2. The number of carbonyl (C=O) groups excluding carboxylic acids is 1. The van der Waals surface area contributed by atoms with Crippen LogP contribution in [-0.2, 0) is 16.1 Å². The third kappa shape index (κ3) is 3.17. The van der Waals surface area contributed by atoms with Crippen molar-refractivity contribution in [3.05, 3.63) is 33.4 Å². The van der Waals surface area contributed by atoms with Crippen molar-refractivity contribution < 1.29 is 19.2 Å². The van der Waals surface area contributed by atoms with Gasteiger partial charge in [-0.25, -0.2) is 0 Å². The maximum atomic E-state index is 10.9.